The molecule has 142 valence electrons. The van der Waals surface area contributed by atoms with Gasteiger partial charge in [0.15, 0.2) is 5.65 Å². The first kappa shape index (κ1) is 17.3. The zero-order valence-corrected chi connectivity index (χ0v) is 16.0. The van der Waals surface area contributed by atoms with Gasteiger partial charge >= 0.3 is 0 Å². The molecular weight excluding hydrogens is 376 g/mol. The fourth-order valence-electron chi connectivity index (χ4n) is 3.74. The molecule has 0 bridgehead atoms. The summed E-state index contributed by atoms with van der Waals surface area (Å²) in [5, 5.41) is 13.4. The van der Waals surface area contributed by atoms with Crippen LogP contribution in [0.15, 0.2) is 53.2 Å². The van der Waals surface area contributed by atoms with Gasteiger partial charge in [-0.25, -0.2) is 0 Å². The molecule has 0 aliphatic carbocycles. The molecule has 4 heterocycles. The van der Waals surface area contributed by atoms with Crippen LogP contribution in [0.1, 0.15) is 30.5 Å². The standard InChI is InChI=1S/C20H19ClN6O/c21-16-5-3-4-15(12-16)19-22-18(28-25-19)13-26-10-7-14(8-11-26)20-24-23-17-6-1-2-9-27(17)20/h1-6,9,12,14H,7-8,10-11,13H2. The number of benzene rings is 1. The fraction of sp³-hybridized carbons (Fsp3) is 0.300. The number of halogens is 1. The lowest BCUT2D eigenvalue weighted by molar-refractivity contribution is 0.178. The van der Waals surface area contributed by atoms with Crippen molar-refractivity contribution in [3.8, 4) is 11.4 Å². The van der Waals surface area contributed by atoms with Crippen molar-refractivity contribution in [2.24, 2.45) is 0 Å². The van der Waals surface area contributed by atoms with Crippen molar-refractivity contribution in [2.45, 2.75) is 25.3 Å². The number of piperidine rings is 1. The number of nitrogens with zero attached hydrogens (tertiary/aromatic N) is 6. The van der Waals surface area contributed by atoms with E-state index in [1.165, 1.54) is 0 Å². The summed E-state index contributed by atoms with van der Waals surface area (Å²) in [6.07, 6.45) is 4.10. The second kappa shape index (κ2) is 7.33. The molecule has 0 unspecified atom stereocenters. The van der Waals surface area contributed by atoms with Gasteiger partial charge in [0, 0.05) is 22.7 Å². The van der Waals surface area contributed by atoms with Crippen molar-refractivity contribution in [1.29, 1.82) is 0 Å². The lowest BCUT2D eigenvalue weighted by atomic mass is 9.96. The van der Waals surface area contributed by atoms with Crippen LogP contribution in [0.25, 0.3) is 17.0 Å². The molecule has 8 heteroatoms. The van der Waals surface area contributed by atoms with E-state index in [0.717, 1.165) is 43.0 Å². The van der Waals surface area contributed by atoms with Gasteiger partial charge in [-0.2, -0.15) is 4.98 Å². The van der Waals surface area contributed by atoms with Gasteiger partial charge in [0.05, 0.1) is 6.54 Å². The summed E-state index contributed by atoms with van der Waals surface area (Å²) in [6.45, 7) is 2.57. The molecule has 0 N–H and O–H groups in total. The van der Waals surface area contributed by atoms with Crippen LogP contribution >= 0.6 is 11.6 Å². The average Bonchev–Trinajstić information content (AvgIpc) is 3.36. The van der Waals surface area contributed by atoms with Crippen LogP contribution < -0.4 is 0 Å². The monoisotopic (exact) mass is 394 g/mol. The third-order valence-electron chi connectivity index (χ3n) is 5.20. The van der Waals surface area contributed by atoms with Gasteiger partial charge in [-0.15, -0.1) is 10.2 Å². The van der Waals surface area contributed by atoms with E-state index in [9.17, 15) is 0 Å². The maximum atomic E-state index is 6.04. The van der Waals surface area contributed by atoms with Crippen LogP contribution in [0.3, 0.4) is 0 Å². The zero-order valence-electron chi connectivity index (χ0n) is 15.2. The minimum absolute atomic E-state index is 0.415. The summed E-state index contributed by atoms with van der Waals surface area (Å²) >= 11 is 6.04. The first-order valence-corrected chi connectivity index (χ1v) is 9.74. The third kappa shape index (κ3) is 3.39. The number of hydrogen-bond donors (Lipinski definition) is 0. The summed E-state index contributed by atoms with van der Waals surface area (Å²) in [5.74, 6) is 2.67. The smallest absolute Gasteiger partial charge is 0.241 e. The molecule has 28 heavy (non-hydrogen) atoms. The van der Waals surface area contributed by atoms with E-state index in [2.05, 4.69) is 29.6 Å². The quantitative estimate of drug-likeness (QED) is 0.524. The summed E-state index contributed by atoms with van der Waals surface area (Å²) in [5.41, 5.74) is 1.76. The lowest BCUT2D eigenvalue weighted by Gasteiger charge is -2.29. The minimum atomic E-state index is 0.415. The maximum Gasteiger partial charge on any atom is 0.241 e. The highest BCUT2D eigenvalue weighted by Crippen LogP contribution is 2.28. The Hall–Kier alpha value is -2.77. The Balaban J connectivity index is 1.23. The molecule has 4 aromatic rings. The number of pyridine rings is 1. The molecule has 0 saturated carbocycles. The van der Waals surface area contributed by atoms with Gasteiger partial charge in [0.1, 0.15) is 5.82 Å². The van der Waals surface area contributed by atoms with Crippen LogP contribution in [-0.4, -0.2) is 42.7 Å². The van der Waals surface area contributed by atoms with Gasteiger partial charge in [0.25, 0.3) is 0 Å². The van der Waals surface area contributed by atoms with Gasteiger partial charge in [-0.3, -0.25) is 9.30 Å². The first-order chi connectivity index (χ1) is 13.8. The molecule has 5 rings (SSSR count). The number of hydrogen-bond acceptors (Lipinski definition) is 6. The molecule has 1 saturated heterocycles. The second-order valence-electron chi connectivity index (χ2n) is 7.06. The Labute approximate surface area is 167 Å². The largest absolute Gasteiger partial charge is 0.338 e. The van der Waals surface area contributed by atoms with E-state index in [4.69, 9.17) is 16.1 Å². The molecule has 3 aromatic heterocycles. The highest BCUT2D eigenvalue weighted by Gasteiger charge is 2.25. The van der Waals surface area contributed by atoms with Gasteiger partial charge in [-0.1, -0.05) is 35.0 Å². The molecule has 0 atom stereocenters. The van der Waals surface area contributed by atoms with Gasteiger partial charge < -0.3 is 4.52 Å². The number of aromatic nitrogens is 5. The Morgan fingerprint density at radius 2 is 1.96 bits per heavy atom. The number of fused-ring (bicyclic) bond motifs is 1. The third-order valence-corrected chi connectivity index (χ3v) is 5.44. The number of rotatable bonds is 4. The van der Waals surface area contributed by atoms with Crippen LogP contribution in [0.5, 0.6) is 0 Å². The van der Waals surface area contributed by atoms with Gasteiger partial charge in [-0.05, 0) is 50.2 Å². The SMILES string of the molecule is Clc1cccc(-c2noc(CN3CCC(c4nnc5ccccn45)CC3)n2)c1. The summed E-state index contributed by atoms with van der Waals surface area (Å²) in [6, 6.07) is 13.5. The Kier molecular flexibility index (Phi) is 4.54. The maximum absolute atomic E-state index is 6.04. The van der Waals surface area contributed by atoms with Crippen LogP contribution in [0.2, 0.25) is 5.02 Å². The predicted molar refractivity (Wildman–Crippen MR) is 105 cm³/mol. The minimum Gasteiger partial charge on any atom is -0.338 e. The molecule has 1 aromatic carbocycles. The van der Waals surface area contributed by atoms with E-state index in [1.807, 2.05) is 48.7 Å². The topological polar surface area (TPSA) is 72.4 Å². The lowest BCUT2D eigenvalue weighted by Crippen LogP contribution is -2.33. The van der Waals surface area contributed by atoms with Crippen molar-refractivity contribution in [3.05, 3.63) is 65.4 Å². The second-order valence-corrected chi connectivity index (χ2v) is 7.50. The Morgan fingerprint density at radius 1 is 1.07 bits per heavy atom. The van der Waals surface area contributed by atoms with Crippen molar-refractivity contribution in [1.82, 2.24) is 29.6 Å². The summed E-state index contributed by atoms with van der Waals surface area (Å²) in [4.78, 5) is 6.86. The molecule has 0 radical (unpaired) electrons. The molecular formula is C20H19ClN6O. The summed E-state index contributed by atoms with van der Waals surface area (Å²) in [7, 11) is 0. The van der Waals surface area contributed by atoms with Gasteiger partial charge in [0.2, 0.25) is 11.7 Å². The molecule has 1 aliphatic heterocycles. The predicted octanol–water partition coefficient (Wildman–Crippen LogP) is 3.81. The molecule has 0 amide bonds. The molecule has 0 spiro atoms. The van der Waals surface area contributed by atoms with Crippen LogP contribution in [0, 0.1) is 0 Å². The molecule has 7 nitrogen and oxygen atoms in total. The number of likely N-dealkylation sites (tertiary alicyclic amines) is 1. The highest BCUT2D eigenvalue weighted by molar-refractivity contribution is 6.30. The molecule has 1 aliphatic rings. The summed E-state index contributed by atoms with van der Waals surface area (Å²) < 4.78 is 7.54. The van der Waals surface area contributed by atoms with E-state index >= 15 is 0 Å². The normalized spacial score (nSPS) is 16.0. The van der Waals surface area contributed by atoms with E-state index in [1.54, 1.807) is 0 Å². The zero-order chi connectivity index (χ0) is 18.9. The Bertz CT molecular complexity index is 1100. The first-order valence-electron chi connectivity index (χ1n) is 9.37. The van der Waals surface area contributed by atoms with Crippen molar-refractivity contribution in [3.63, 3.8) is 0 Å². The van der Waals surface area contributed by atoms with Crippen LogP contribution in [-0.2, 0) is 6.54 Å². The van der Waals surface area contributed by atoms with Crippen LogP contribution in [0.4, 0.5) is 0 Å². The van der Waals surface area contributed by atoms with Crippen molar-refractivity contribution >= 4 is 17.2 Å². The Morgan fingerprint density at radius 3 is 2.82 bits per heavy atom. The van der Waals surface area contributed by atoms with E-state index in [-0.39, 0.29) is 0 Å². The van der Waals surface area contributed by atoms with E-state index in [0.29, 0.717) is 29.2 Å². The molecule has 1 fully saturated rings. The van der Waals surface area contributed by atoms with Crippen molar-refractivity contribution in [2.75, 3.05) is 13.1 Å². The fourth-order valence-corrected chi connectivity index (χ4v) is 3.93. The highest BCUT2D eigenvalue weighted by atomic mass is 35.5. The van der Waals surface area contributed by atoms with Crippen molar-refractivity contribution < 1.29 is 4.52 Å². The average molecular weight is 395 g/mol. The van der Waals surface area contributed by atoms with E-state index < -0.39 is 0 Å².